The first-order chi connectivity index (χ1) is 8.91. The molecular weight excluding hydrogens is 240 g/mol. The van der Waals surface area contributed by atoms with E-state index in [0.717, 1.165) is 33.6 Å². The summed E-state index contributed by atoms with van der Waals surface area (Å²) in [5.41, 5.74) is 5.15. The smallest absolute Gasteiger partial charge is 0.160 e. The van der Waals surface area contributed by atoms with E-state index in [1.807, 2.05) is 20.8 Å². The van der Waals surface area contributed by atoms with Gasteiger partial charge in [0, 0.05) is 5.56 Å². The van der Waals surface area contributed by atoms with E-state index in [-0.39, 0.29) is 5.78 Å². The highest BCUT2D eigenvalue weighted by Crippen LogP contribution is 2.23. The van der Waals surface area contributed by atoms with Crippen LogP contribution in [0.2, 0.25) is 0 Å². The Bertz CT molecular complexity index is 643. The van der Waals surface area contributed by atoms with Crippen molar-refractivity contribution in [2.24, 2.45) is 0 Å². The van der Waals surface area contributed by atoms with Gasteiger partial charge in [-0.3, -0.25) is 4.79 Å². The van der Waals surface area contributed by atoms with E-state index in [2.05, 4.69) is 28.5 Å². The SMILES string of the molecule is CC(=O)c1c(C)cc(C)c(Cn2nnnc2C)c1C. The number of Topliss-reactive ketones (excluding diaryl/α,β-unsaturated/α-hetero) is 1. The first kappa shape index (κ1) is 13.4. The second-order valence-corrected chi connectivity index (χ2v) is 4.93. The fraction of sp³-hybridized carbons (Fsp3) is 0.429. The standard InChI is InChI=1S/C14H18N4O/c1-8-6-9(2)14(11(4)19)10(3)13(8)7-18-12(5)15-16-17-18/h6H,7H2,1-5H3. The minimum Gasteiger partial charge on any atom is -0.294 e. The Hall–Kier alpha value is -2.04. The first-order valence-corrected chi connectivity index (χ1v) is 6.25. The molecule has 0 saturated carbocycles. The van der Waals surface area contributed by atoms with Crippen molar-refractivity contribution in [1.82, 2.24) is 20.2 Å². The number of aromatic nitrogens is 4. The van der Waals surface area contributed by atoms with Crippen LogP contribution in [0.4, 0.5) is 0 Å². The fourth-order valence-electron chi connectivity index (χ4n) is 2.56. The molecule has 1 aromatic carbocycles. The van der Waals surface area contributed by atoms with Crippen LogP contribution >= 0.6 is 0 Å². The number of hydrogen-bond acceptors (Lipinski definition) is 4. The van der Waals surface area contributed by atoms with Crippen molar-refractivity contribution in [3.63, 3.8) is 0 Å². The van der Waals surface area contributed by atoms with Crippen molar-refractivity contribution < 1.29 is 4.79 Å². The molecule has 2 rings (SSSR count). The van der Waals surface area contributed by atoms with Crippen LogP contribution in [0.3, 0.4) is 0 Å². The summed E-state index contributed by atoms with van der Waals surface area (Å²) >= 11 is 0. The van der Waals surface area contributed by atoms with Gasteiger partial charge in [0.25, 0.3) is 0 Å². The Morgan fingerprint density at radius 2 is 1.89 bits per heavy atom. The van der Waals surface area contributed by atoms with Crippen molar-refractivity contribution in [2.45, 2.75) is 41.2 Å². The van der Waals surface area contributed by atoms with Crippen LogP contribution in [0.5, 0.6) is 0 Å². The summed E-state index contributed by atoms with van der Waals surface area (Å²) in [4.78, 5) is 11.8. The lowest BCUT2D eigenvalue weighted by molar-refractivity contribution is 0.101. The lowest BCUT2D eigenvalue weighted by atomic mass is 9.91. The van der Waals surface area contributed by atoms with E-state index in [9.17, 15) is 4.79 Å². The number of ketones is 1. The minimum absolute atomic E-state index is 0.102. The quantitative estimate of drug-likeness (QED) is 0.791. The van der Waals surface area contributed by atoms with Crippen LogP contribution in [-0.4, -0.2) is 26.0 Å². The van der Waals surface area contributed by atoms with Crippen LogP contribution in [0.15, 0.2) is 6.07 Å². The third-order valence-corrected chi connectivity index (χ3v) is 3.50. The van der Waals surface area contributed by atoms with Gasteiger partial charge in [-0.05, 0) is 67.3 Å². The van der Waals surface area contributed by atoms with Gasteiger partial charge < -0.3 is 0 Å². The Balaban J connectivity index is 2.54. The maximum absolute atomic E-state index is 11.8. The zero-order valence-corrected chi connectivity index (χ0v) is 12.0. The molecule has 0 amide bonds. The van der Waals surface area contributed by atoms with Crippen molar-refractivity contribution in [3.05, 3.63) is 39.7 Å². The summed E-state index contributed by atoms with van der Waals surface area (Å²) in [5.74, 6) is 0.869. The molecule has 0 saturated heterocycles. The van der Waals surface area contributed by atoms with E-state index in [1.165, 1.54) is 0 Å². The minimum atomic E-state index is 0.102. The summed E-state index contributed by atoms with van der Waals surface area (Å²) in [6, 6.07) is 2.05. The molecule has 1 aromatic heterocycles. The first-order valence-electron chi connectivity index (χ1n) is 6.25. The van der Waals surface area contributed by atoms with Crippen LogP contribution in [0.25, 0.3) is 0 Å². The highest BCUT2D eigenvalue weighted by Gasteiger charge is 2.15. The predicted molar refractivity (Wildman–Crippen MR) is 72.3 cm³/mol. The van der Waals surface area contributed by atoms with E-state index in [1.54, 1.807) is 11.6 Å². The molecule has 0 aliphatic heterocycles. The van der Waals surface area contributed by atoms with Gasteiger partial charge in [0.05, 0.1) is 6.54 Å². The van der Waals surface area contributed by atoms with E-state index in [4.69, 9.17) is 0 Å². The average molecular weight is 258 g/mol. The Morgan fingerprint density at radius 3 is 2.42 bits per heavy atom. The van der Waals surface area contributed by atoms with Gasteiger partial charge in [-0.2, -0.15) is 0 Å². The molecule has 1 heterocycles. The van der Waals surface area contributed by atoms with Crippen molar-refractivity contribution in [3.8, 4) is 0 Å². The number of hydrogen-bond donors (Lipinski definition) is 0. The monoisotopic (exact) mass is 258 g/mol. The summed E-state index contributed by atoms with van der Waals surface area (Å²) in [7, 11) is 0. The lowest BCUT2D eigenvalue weighted by Crippen LogP contribution is -2.11. The molecule has 0 N–H and O–H groups in total. The Labute approximate surface area is 112 Å². The molecule has 0 aliphatic rings. The number of carbonyl (C=O) groups excluding carboxylic acids is 1. The molecule has 5 heteroatoms. The maximum Gasteiger partial charge on any atom is 0.160 e. The Kier molecular flexibility index (Phi) is 3.46. The van der Waals surface area contributed by atoms with Gasteiger partial charge in [-0.1, -0.05) is 6.07 Å². The zero-order chi connectivity index (χ0) is 14.2. The molecule has 100 valence electrons. The molecule has 5 nitrogen and oxygen atoms in total. The highest BCUT2D eigenvalue weighted by atomic mass is 16.1. The topological polar surface area (TPSA) is 60.7 Å². The molecular formula is C14H18N4O. The molecule has 0 atom stereocenters. The number of rotatable bonds is 3. The average Bonchev–Trinajstić information content (AvgIpc) is 2.69. The fourth-order valence-corrected chi connectivity index (χ4v) is 2.56. The predicted octanol–water partition coefficient (Wildman–Crippen LogP) is 2.16. The molecule has 0 radical (unpaired) electrons. The number of tetrazole rings is 1. The molecule has 0 fully saturated rings. The number of aryl methyl sites for hydroxylation is 3. The van der Waals surface area contributed by atoms with Gasteiger partial charge in [0.2, 0.25) is 0 Å². The van der Waals surface area contributed by atoms with E-state index < -0.39 is 0 Å². The largest absolute Gasteiger partial charge is 0.294 e. The summed E-state index contributed by atoms with van der Waals surface area (Å²) < 4.78 is 1.74. The third kappa shape index (κ3) is 2.41. The molecule has 0 aliphatic carbocycles. The van der Waals surface area contributed by atoms with E-state index in [0.29, 0.717) is 6.54 Å². The zero-order valence-electron chi connectivity index (χ0n) is 12.0. The van der Waals surface area contributed by atoms with Crippen LogP contribution in [0.1, 0.15) is 45.4 Å². The summed E-state index contributed by atoms with van der Waals surface area (Å²) in [6.45, 7) is 10.1. The van der Waals surface area contributed by atoms with Gasteiger partial charge in [-0.15, -0.1) is 5.10 Å². The molecule has 0 bridgehead atoms. The van der Waals surface area contributed by atoms with Crippen LogP contribution in [-0.2, 0) is 6.54 Å². The van der Waals surface area contributed by atoms with Gasteiger partial charge in [-0.25, -0.2) is 4.68 Å². The second kappa shape index (κ2) is 4.91. The normalized spacial score (nSPS) is 10.8. The van der Waals surface area contributed by atoms with Crippen molar-refractivity contribution in [2.75, 3.05) is 0 Å². The summed E-state index contributed by atoms with van der Waals surface area (Å²) in [6.07, 6.45) is 0. The van der Waals surface area contributed by atoms with Gasteiger partial charge >= 0.3 is 0 Å². The van der Waals surface area contributed by atoms with E-state index >= 15 is 0 Å². The highest BCUT2D eigenvalue weighted by molar-refractivity contribution is 5.97. The number of benzene rings is 1. The Morgan fingerprint density at radius 1 is 1.21 bits per heavy atom. The van der Waals surface area contributed by atoms with Crippen LogP contribution in [0, 0.1) is 27.7 Å². The lowest BCUT2D eigenvalue weighted by Gasteiger charge is -2.15. The maximum atomic E-state index is 11.8. The molecule has 0 spiro atoms. The van der Waals surface area contributed by atoms with Crippen LogP contribution < -0.4 is 0 Å². The van der Waals surface area contributed by atoms with Gasteiger partial charge in [0.15, 0.2) is 5.78 Å². The number of carbonyl (C=O) groups is 1. The van der Waals surface area contributed by atoms with Gasteiger partial charge in [0.1, 0.15) is 5.82 Å². The molecule has 19 heavy (non-hydrogen) atoms. The van der Waals surface area contributed by atoms with Crippen molar-refractivity contribution in [1.29, 1.82) is 0 Å². The summed E-state index contributed by atoms with van der Waals surface area (Å²) in [5, 5.41) is 11.5. The molecule has 2 aromatic rings. The third-order valence-electron chi connectivity index (χ3n) is 3.50. The van der Waals surface area contributed by atoms with Crippen molar-refractivity contribution >= 4 is 5.78 Å². The molecule has 0 unspecified atom stereocenters. The second-order valence-electron chi connectivity index (χ2n) is 4.93. The number of nitrogens with zero attached hydrogens (tertiary/aromatic N) is 4.